The number of nitrogens with one attached hydrogen (secondary N) is 2. The third-order valence-electron chi connectivity index (χ3n) is 12.1. The van der Waals surface area contributed by atoms with E-state index in [1.165, 1.54) is 20.1 Å². The number of para-hydroxylation sites is 2. The van der Waals surface area contributed by atoms with Crippen molar-refractivity contribution in [1.29, 1.82) is 0 Å². The number of benzene rings is 6. The zero-order chi connectivity index (χ0) is 51.3. The van der Waals surface area contributed by atoms with Crippen molar-refractivity contribution in [3.63, 3.8) is 0 Å². The van der Waals surface area contributed by atoms with Crippen LogP contribution in [0.3, 0.4) is 0 Å². The molecule has 0 saturated heterocycles. The first-order chi connectivity index (χ1) is 34.8. The van der Waals surface area contributed by atoms with Crippen LogP contribution in [0.5, 0.6) is 23.0 Å². The number of hydrogen-bond acceptors (Lipinski definition) is 10. The molecule has 0 fully saturated rings. The highest BCUT2D eigenvalue weighted by atomic mass is 16.5. The number of carbonyl (C=O) groups is 2. The zero-order valence-electron chi connectivity index (χ0n) is 41.4. The normalized spacial score (nSPS) is 10.9. The molecule has 372 valence electrons. The molecule has 4 N–H and O–H groups in total. The maximum atomic E-state index is 13.9. The lowest BCUT2D eigenvalue weighted by molar-refractivity contribution is 0.0781. The van der Waals surface area contributed by atoms with Gasteiger partial charge >= 0.3 is 11.4 Å². The Morgan fingerprint density at radius 3 is 1.47 bits per heavy atom. The monoisotopic (exact) mass is 972 g/mol. The Morgan fingerprint density at radius 2 is 0.986 bits per heavy atom. The number of carbonyl (C=O) groups excluding carboxylic acids is 2. The number of hydrogen-bond donors (Lipinski definition) is 4. The highest BCUT2D eigenvalue weighted by Crippen LogP contribution is 2.38. The first-order valence-corrected chi connectivity index (χ1v) is 23.9. The predicted molar refractivity (Wildman–Crippen MR) is 277 cm³/mol. The van der Waals surface area contributed by atoms with E-state index >= 15 is 0 Å². The lowest BCUT2D eigenvalue weighted by Gasteiger charge is -2.21. The van der Waals surface area contributed by atoms with Crippen LogP contribution in [0.25, 0.3) is 34.2 Å². The van der Waals surface area contributed by atoms with E-state index in [1.54, 1.807) is 43.3 Å². The summed E-state index contributed by atoms with van der Waals surface area (Å²) >= 11 is 0. The fraction of sp³-hybridized carbons (Fsp3) is 0.250. The van der Waals surface area contributed by atoms with Crippen LogP contribution in [0.2, 0.25) is 0 Å². The van der Waals surface area contributed by atoms with Crippen molar-refractivity contribution >= 4 is 11.8 Å². The Hall–Kier alpha value is -8.66. The largest absolute Gasteiger partial charge is 0.507 e. The van der Waals surface area contributed by atoms with Crippen LogP contribution in [-0.4, -0.2) is 88.5 Å². The Labute approximate surface area is 417 Å². The van der Waals surface area contributed by atoms with Crippen LogP contribution in [0.1, 0.15) is 82.5 Å². The van der Waals surface area contributed by atoms with Crippen LogP contribution in [-0.2, 0) is 13.2 Å². The number of amides is 2. The van der Waals surface area contributed by atoms with Crippen molar-refractivity contribution in [2.75, 3.05) is 27.2 Å². The van der Waals surface area contributed by atoms with Crippen molar-refractivity contribution in [3.8, 4) is 57.1 Å². The molecule has 8 rings (SSSR count). The highest BCUT2D eigenvalue weighted by Gasteiger charge is 2.27. The number of phenolic OH excluding ortho intramolecular Hbond substituents is 2. The molecule has 6 aromatic carbocycles. The van der Waals surface area contributed by atoms with Gasteiger partial charge in [0.25, 0.3) is 11.8 Å². The molecule has 0 aliphatic carbocycles. The molecule has 0 saturated carbocycles. The molecule has 0 unspecified atom stereocenters. The molecule has 0 aliphatic heterocycles. The maximum Gasteiger partial charge on any atom is 0.348 e. The molecule has 2 heterocycles. The van der Waals surface area contributed by atoms with E-state index in [4.69, 9.17) is 9.47 Å². The molecule has 16 heteroatoms. The van der Waals surface area contributed by atoms with Gasteiger partial charge in [-0.3, -0.25) is 9.59 Å². The van der Waals surface area contributed by atoms with Gasteiger partial charge in [-0.05, 0) is 73.2 Å². The Balaban J connectivity index is 0.000000228. The van der Waals surface area contributed by atoms with Crippen LogP contribution in [0, 0.1) is 13.8 Å². The van der Waals surface area contributed by atoms with Gasteiger partial charge in [0, 0.05) is 39.3 Å². The SMILES string of the molecule is CCCCN(C)C(=O)c1cc(-c2n[nH]c(=O)n2-c2ccccc2C)c(O)cc1O.CCCCN(C)C(=O)c1cc(-c2n[nH]c(=O)n2-c2ccccc2C)c(OCc2ccccc2)cc1OCc1ccccc1. The summed E-state index contributed by atoms with van der Waals surface area (Å²) in [6, 6.07) is 40.4. The highest BCUT2D eigenvalue weighted by molar-refractivity contribution is 5.99. The van der Waals surface area contributed by atoms with Gasteiger partial charge in [-0.15, -0.1) is 0 Å². The van der Waals surface area contributed by atoms with Gasteiger partial charge in [-0.1, -0.05) is 124 Å². The average molecular weight is 973 g/mol. The smallest absolute Gasteiger partial charge is 0.348 e. The molecule has 0 radical (unpaired) electrons. The number of H-pyrrole nitrogens is 2. The first-order valence-electron chi connectivity index (χ1n) is 23.9. The van der Waals surface area contributed by atoms with Gasteiger partial charge in [0.2, 0.25) is 0 Å². The van der Waals surface area contributed by atoms with Gasteiger partial charge < -0.3 is 29.5 Å². The average Bonchev–Trinajstić information content (AvgIpc) is 3.97. The fourth-order valence-electron chi connectivity index (χ4n) is 7.98. The van der Waals surface area contributed by atoms with Gasteiger partial charge in [0.15, 0.2) is 11.6 Å². The Kier molecular flexibility index (Phi) is 16.9. The molecule has 8 aromatic rings. The lowest BCUT2D eigenvalue weighted by Crippen LogP contribution is -2.28. The number of aromatic nitrogens is 6. The van der Waals surface area contributed by atoms with E-state index in [2.05, 4.69) is 27.3 Å². The van der Waals surface area contributed by atoms with Crippen molar-refractivity contribution in [2.45, 2.75) is 66.6 Å². The summed E-state index contributed by atoms with van der Waals surface area (Å²) in [7, 11) is 3.44. The molecule has 16 nitrogen and oxygen atoms in total. The van der Waals surface area contributed by atoms with Crippen LogP contribution in [0.4, 0.5) is 0 Å². The first kappa shape index (κ1) is 51.2. The minimum absolute atomic E-state index is 0.0307. The summed E-state index contributed by atoms with van der Waals surface area (Å²) in [5.41, 5.74) is 5.15. The van der Waals surface area contributed by atoms with E-state index in [1.807, 2.05) is 118 Å². The van der Waals surface area contributed by atoms with E-state index in [9.17, 15) is 29.4 Å². The van der Waals surface area contributed by atoms with E-state index in [0.717, 1.165) is 54.0 Å². The van der Waals surface area contributed by atoms with Crippen molar-refractivity contribution < 1.29 is 29.3 Å². The molecule has 72 heavy (non-hydrogen) atoms. The summed E-state index contributed by atoms with van der Waals surface area (Å²) < 4.78 is 15.5. The zero-order valence-corrected chi connectivity index (χ0v) is 41.4. The lowest BCUT2D eigenvalue weighted by atomic mass is 10.1. The summed E-state index contributed by atoms with van der Waals surface area (Å²) in [5, 5.41) is 34.1. The van der Waals surface area contributed by atoms with Gasteiger partial charge in [-0.2, -0.15) is 10.2 Å². The van der Waals surface area contributed by atoms with Crippen LogP contribution >= 0.6 is 0 Å². The maximum absolute atomic E-state index is 13.9. The minimum atomic E-state index is -0.477. The minimum Gasteiger partial charge on any atom is -0.507 e. The van der Waals surface area contributed by atoms with Gasteiger partial charge in [-0.25, -0.2) is 28.9 Å². The number of aromatic hydroxyl groups is 2. The molecule has 2 aromatic heterocycles. The summed E-state index contributed by atoms with van der Waals surface area (Å²) in [4.78, 5) is 55.4. The molecule has 2 amide bonds. The second kappa shape index (κ2) is 23.8. The van der Waals surface area contributed by atoms with E-state index in [0.29, 0.717) is 52.9 Å². The van der Waals surface area contributed by atoms with Crippen LogP contribution < -0.4 is 20.9 Å². The third kappa shape index (κ3) is 11.8. The number of aryl methyl sites for hydroxylation is 2. The number of ether oxygens (including phenoxy) is 2. The van der Waals surface area contributed by atoms with Gasteiger partial charge in [0.1, 0.15) is 36.2 Å². The standard InChI is InChI=1S/C35H36N4O4.C21H24N4O4/c1-4-5-20-38(3)34(40)29-21-28(33-36-37-35(41)39(33)30-19-13-12-14-25(30)2)31(42-23-26-15-8-6-9-16-26)22-32(29)43-24-27-17-10-7-11-18-27;1-4-5-10-24(3)20(28)15-11-14(17(26)12-18(15)27)19-22-23-21(29)25(19)16-9-7-6-8-13(16)2/h6-19,21-22H,4-5,20,23-24H2,1-3H3,(H,37,41);6-9,11-12,26-27H,4-5,10H2,1-3H3,(H,23,29). The van der Waals surface area contributed by atoms with Gasteiger partial charge in [0.05, 0.1) is 33.6 Å². The number of nitrogens with zero attached hydrogens (tertiary/aromatic N) is 6. The predicted octanol–water partition coefficient (Wildman–Crippen LogP) is 9.39. The van der Waals surface area contributed by atoms with E-state index in [-0.39, 0.29) is 53.5 Å². The van der Waals surface area contributed by atoms with E-state index < -0.39 is 11.4 Å². The summed E-state index contributed by atoms with van der Waals surface area (Å²) in [5.74, 6) is 0.126. The Morgan fingerprint density at radius 1 is 0.556 bits per heavy atom. The third-order valence-corrected chi connectivity index (χ3v) is 12.1. The molecular weight excluding hydrogens is 913 g/mol. The molecule has 0 bridgehead atoms. The second-order valence-corrected chi connectivity index (χ2v) is 17.4. The van der Waals surface area contributed by atoms with Crippen LogP contribution in [0.15, 0.2) is 143 Å². The topological polar surface area (TPSA) is 201 Å². The molecule has 0 spiro atoms. The number of aromatic amines is 2. The fourth-order valence-corrected chi connectivity index (χ4v) is 7.98. The van der Waals surface area contributed by atoms with Crippen molar-refractivity contribution in [3.05, 3.63) is 188 Å². The molecule has 0 aliphatic rings. The molecule has 0 atom stereocenters. The number of rotatable bonds is 18. The second-order valence-electron chi connectivity index (χ2n) is 17.4. The van der Waals surface area contributed by atoms with Crippen molar-refractivity contribution in [2.24, 2.45) is 0 Å². The summed E-state index contributed by atoms with van der Waals surface area (Å²) in [6.07, 6.45) is 3.60. The number of unbranched alkanes of at least 4 members (excludes halogenated alkanes) is 2. The Bertz CT molecular complexity index is 3250. The summed E-state index contributed by atoms with van der Waals surface area (Å²) in [6.45, 7) is 9.59. The number of phenols is 2. The van der Waals surface area contributed by atoms with Crippen molar-refractivity contribution in [1.82, 2.24) is 39.3 Å². The quantitative estimate of drug-likeness (QED) is 0.0642. The molecular formula is C56H60N8O8.